The van der Waals surface area contributed by atoms with Crippen molar-refractivity contribution >= 4 is 40.8 Å². The first-order valence-corrected chi connectivity index (χ1v) is 6.49. The van der Waals surface area contributed by atoms with Gasteiger partial charge in [0.05, 0.1) is 33.3 Å². The molecule has 0 fully saturated rings. The van der Waals surface area contributed by atoms with Crippen molar-refractivity contribution in [3.05, 3.63) is 27.7 Å². The van der Waals surface area contributed by atoms with Crippen molar-refractivity contribution in [2.24, 2.45) is 0 Å². The van der Waals surface area contributed by atoms with Gasteiger partial charge in [-0.25, -0.2) is 4.79 Å². The van der Waals surface area contributed by atoms with E-state index in [1.54, 1.807) is 13.8 Å². The molecule has 0 unspecified atom stereocenters. The fourth-order valence-electron chi connectivity index (χ4n) is 1.46. The monoisotopic (exact) mass is 319 g/mol. The zero-order valence-corrected chi connectivity index (χ0v) is 12.8. The Bertz CT molecular complexity index is 520. The van der Waals surface area contributed by atoms with Gasteiger partial charge in [0.2, 0.25) is 5.91 Å². The average Bonchev–Trinajstić information content (AvgIpc) is 2.32. The highest BCUT2D eigenvalue weighted by atomic mass is 35.5. The third-order valence-corrected chi connectivity index (χ3v) is 3.29. The molecule has 0 atom stereocenters. The highest BCUT2D eigenvalue weighted by Gasteiger charge is 2.22. The minimum absolute atomic E-state index is 0.0461. The van der Waals surface area contributed by atoms with Crippen molar-refractivity contribution < 1.29 is 19.4 Å². The quantitative estimate of drug-likeness (QED) is 0.871. The van der Waals surface area contributed by atoms with Crippen LogP contribution in [-0.4, -0.2) is 29.7 Å². The van der Waals surface area contributed by atoms with Gasteiger partial charge in [-0.15, -0.1) is 0 Å². The molecule has 0 aromatic heterocycles. The van der Waals surface area contributed by atoms with Crippen molar-refractivity contribution in [1.29, 1.82) is 0 Å². The lowest BCUT2D eigenvalue weighted by molar-refractivity contribution is -0.121. The van der Waals surface area contributed by atoms with Crippen molar-refractivity contribution in [3.63, 3.8) is 0 Å². The smallest absolute Gasteiger partial charge is 0.335 e. The molecule has 2 N–H and O–H groups in total. The lowest BCUT2D eigenvalue weighted by atomic mass is 10.0. The van der Waals surface area contributed by atoms with E-state index in [4.69, 9.17) is 33.0 Å². The summed E-state index contributed by atoms with van der Waals surface area (Å²) in [6.45, 7) is 3.53. The van der Waals surface area contributed by atoms with Crippen molar-refractivity contribution in [1.82, 2.24) is 0 Å². The van der Waals surface area contributed by atoms with Gasteiger partial charge < -0.3 is 15.2 Å². The Morgan fingerprint density at radius 1 is 1.30 bits per heavy atom. The maximum atomic E-state index is 11.9. The van der Waals surface area contributed by atoms with Gasteiger partial charge in [0.1, 0.15) is 0 Å². The Labute approximate surface area is 126 Å². The SMILES string of the molecule is COC(C)(C)CC(=O)Nc1c(Cl)cc(C(=O)O)cc1Cl. The van der Waals surface area contributed by atoms with Crippen LogP contribution in [0.25, 0.3) is 0 Å². The van der Waals surface area contributed by atoms with Crippen LogP contribution in [0.4, 0.5) is 5.69 Å². The Kier molecular flexibility index (Phi) is 5.39. The number of carboxylic acids is 1. The second-order valence-electron chi connectivity index (χ2n) is 4.81. The summed E-state index contributed by atoms with van der Waals surface area (Å²) in [5.74, 6) is -1.48. The van der Waals surface area contributed by atoms with Gasteiger partial charge >= 0.3 is 5.97 Å². The summed E-state index contributed by atoms with van der Waals surface area (Å²) in [4.78, 5) is 22.7. The Morgan fingerprint density at radius 3 is 2.20 bits per heavy atom. The molecule has 0 aliphatic carbocycles. The molecule has 1 aromatic carbocycles. The summed E-state index contributed by atoms with van der Waals surface area (Å²) in [5, 5.41) is 11.6. The molecule has 5 nitrogen and oxygen atoms in total. The standard InChI is InChI=1S/C13H15Cl2NO4/c1-13(2,20-3)6-10(17)16-11-8(14)4-7(12(18)19)5-9(11)15/h4-5H,6H2,1-3H3,(H,16,17)(H,18,19). The van der Waals surface area contributed by atoms with Crippen LogP contribution in [0.1, 0.15) is 30.6 Å². The first-order valence-electron chi connectivity index (χ1n) is 5.73. The molecule has 1 rings (SSSR count). The van der Waals surface area contributed by atoms with E-state index in [0.717, 1.165) is 0 Å². The van der Waals surface area contributed by atoms with Gasteiger partial charge in [-0.05, 0) is 26.0 Å². The second kappa shape index (κ2) is 6.43. The largest absolute Gasteiger partial charge is 0.478 e. The predicted molar refractivity (Wildman–Crippen MR) is 77.8 cm³/mol. The molecule has 0 heterocycles. The Hall–Kier alpha value is -1.30. The third kappa shape index (κ3) is 4.37. The molecule has 0 saturated heterocycles. The molecule has 1 aromatic rings. The lowest BCUT2D eigenvalue weighted by Crippen LogP contribution is -2.29. The number of carboxylic acid groups (broad SMARTS) is 1. The molecular formula is C13H15Cl2NO4. The van der Waals surface area contributed by atoms with Gasteiger partial charge in [0.25, 0.3) is 0 Å². The molecule has 0 spiro atoms. The van der Waals surface area contributed by atoms with E-state index in [1.807, 2.05) is 0 Å². The highest BCUT2D eigenvalue weighted by molar-refractivity contribution is 6.40. The van der Waals surface area contributed by atoms with E-state index in [-0.39, 0.29) is 33.6 Å². The van der Waals surface area contributed by atoms with E-state index in [1.165, 1.54) is 19.2 Å². The summed E-state index contributed by atoms with van der Waals surface area (Å²) < 4.78 is 5.15. The Balaban J connectivity index is 2.94. The highest BCUT2D eigenvalue weighted by Crippen LogP contribution is 2.32. The summed E-state index contributed by atoms with van der Waals surface area (Å²) >= 11 is 11.9. The van der Waals surface area contributed by atoms with Crippen LogP contribution in [0.15, 0.2) is 12.1 Å². The first-order chi connectivity index (χ1) is 9.16. The van der Waals surface area contributed by atoms with Gasteiger partial charge in [0, 0.05) is 7.11 Å². The number of ether oxygens (including phenoxy) is 1. The molecule has 0 aliphatic rings. The number of methoxy groups -OCH3 is 1. The number of anilines is 1. The van der Waals surface area contributed by atoms with Crippen LogP contribution in [0.5, 0.6) is 0 Å². The van der Waals surface area contributed by atoms with Gasteiger partial charge in [-0.3, -0.25) is 4.79 Å². The zero-order chi connectivity index (χ0) is 15.5. The molecule has 1 amide bonds. The summed E-state index contributed by atoms with van der Waals surface area (Å²) in [6.07, 6.45) is 0.108. The van der Waals surface area contributed by atoms with Gasteiger partial charge in [-0.1, -0.05) is 23.2 Å². The number of hydrogen-bond donors (Lipinski definition) is 2. The van der Waals surface area contributed by atoms with Crippen LogP contribution in [0, 0.1) is 0 Å². The number of carbonyl (C=O) groups excluding carboxylic acids is 1. The van der Waals surface area contributed by atoms with Crippen LogP contribution < -0.4 is 5.32 Å². The van der Waals surface area contributed by atoms with E-state index in [9.17, 15) is 9.59 Å². The summed E-state index contributed by atoms with van der Waals surface area (Å²) in [6, 6.07) is 2.46. The fourth-order valence-corrected chi connectivity index (χ4v) is 2.04. The maximum Gasteiger partial charge on any atom is 0.335 e. The van der Waals surface area contributed by atoms with Crippen LogP contribution in [-0.2, 0) is 9.53 Å². The first kappa shape index (κ1) is 16.8. The van der Waals surface area contributed by atoms with Gasteiger partial charge in [-0.2, -0.15) is 0 Å². The number of hydrogen-bond acceptors (Lipinski definition) is 3. The number of nitrogens with one attached hydrogen (secondary N) is 1. The van der Waals surface area contributed by atoms with Crippen LogP contribution in [0.2, 0.25) is 10.0 Å². The third-order valence-electron chi connectivity index (χ3n) is 2.69. The number of carbonyl (C=O) groups is 2. The molecule has 0 aliphatic heterocycles. The zero-order valence-electron chi connectivity index (χ0n) is 11.3. The predicted octanol–water partition coefficient (Wildman–Crippen LogP) is 3.45. The molecular weight excluding hydrogens is 305 g/mol. The minimum atomic E-state index is -1.15. The number of rotatable bonds is 5. The molecule has 0 bridgehead atoms. The lowest BCUT2D eigenvalue weighted by Gasteiger charge is -2.22. The number of aromatic carboxylic acids is 1. The van der Waals surface area contributed by atoms with E-state index in [2.05, 4.69) is 5.32 Å². The van der Waals surface area contributed by atoms with E-state index in [0.29, 0.717) is 0 Å². The fraction of sp³-hybridized carbons (Fsp3) is 0.385. The Morgan fingerprint density at radius 2 is 1.80 bits per heavy atom. The van der Waals surface area contributed by atoms with E-state index >= 15 is 0 Å². The topological polar surface area (TPSA) is 75.6 Å². The van der Waals surface area contributed by atoms with Crippen LogP contribution >= 0.6 is 23.2 Å². The maximum absolute atomic E-state index is 11.9. The normalized spacial score (nSPS) is 11.2. The number of halogens is 2. The van der Waals surface area contributed by atoms with Crippen molar-refractivity contribution in [2.45, 2.75) is 25.9 Å². The molecule has 110 valence electrons. The van der Waals surface area contributed by atoms with Crippen molar-refractivity contribution in [3.8, 4) is 0 Å². The molecule has 7 heteroatoms. The summed E-state index contributed by atoms with van der Waals surface area (Å²) in [7, 11) is 1.51. The average molecular weight is 320 g/mol. The molecule has 0 radical (unpaired) electrons. The number of benzene rings is 1. The number of amides is 1. The van der Waals surface area contributed by atoms with Crippen molar-refractivity contribution in [2.75, 3.05) is 12.4 Å². The van der Waals surface area contributed by atoms with Crippen LogP contribution in [0.3, 0.4) is 0 Å². The van der Waals surface area contributed by atoms with E-state index < -0.39 is 11.6 Å². The van der Waals surface area contributed by atoms with Gasteiger partial charge in [0.15, 0.2) is 0 Å². The second-order valence-corrected chi connectivity index (χ2v) is 5.62. The molecule has 20 heavy (non-hydrogen) atoms. The molecule has 0 saturated carbocycles. The minimum Gasteiger partial charge on any atom is -0.478 e. The summed E-state index contributed by atoms with van der Waals surface area (Å²) in [5.41, 5.74) is -0.477.